The van der Waals surface area contributed by atoms with E-state index in [1.54, 1.807) is 0 Å². The maximum absolute atomic E-state index is 5.88. The second-order valence-corrected chi connectivity index (χ2v) is 5.37. The number of rotatable bonds is 4. The maximum atomic E-state index is 5.88. The zero-order valence-electron chi connectivity index (χ0n) is 9.87. The normalized spacial score (nSPS) is 11.0. The van der Waals surface area contributed by atoms with Crippen molar-refractivity contribution in [3.63, 3.8) is 0 Å². The average Bonchev–Trinajstić information content (AvgIpc) is 2.14. The summed E-state index contributed by atoms with van der Waals surface area (Å²) in [7, 11) is 0. The van der Waals surface area contributed by atoms with Crippen LogP contribution in [-0.2, 0) is 12.2 Å². The van der Waals surface area contributed by atoms with Crippen LogP contribution in [0.15, 0.2) is 0 Å². The molecular weight excluding hydrogens is 206 g/mol. The topological polar surface area (TPSA) is 51.8 Å². The van der Waals surface area contributed by atoms with E-state index in [0.29, 0.717) is 11.1 Å². The van der Waals surface area contributed by atoms with E-state index in [0.717, 1.165) is 29.3 Å². The Morgan fingerprint density at radius 2 is 2.00 bits per heavy atom. The minimum atomic E-state index is 0.598. The van der Waals surface area contributed by atoms with Gasteiger partial charge in [-0.25, -0.2) is 9.97 Å². The second kappa shape index (κ2) is 5.35. The number of hydrogen-bond donors (Lipinski definition) is 1. The smallest absolute Gasteiger partial charge is 0.140 e. The Balaban J connectivity index is 2.84. The van der Waals surface area contributed by atoms with Crippen molar-refractivity contribution < 1.29 is 0 Å². The predicted octanol–water partition coefficient (Wildman–Crippen LogP) is 2.57. The summed E-state index contributed by atoms with van der Waals surface area (Å²) in [6, 6.07) is 0. The van der Waals surface area contributed by atoms with Gasteiger partial charge in [0.2, 0.25) is 0 Å². The number of hydrogen-bond acceptors (Lipinski definition) is 4. The van der Waals surface area contributed by atoms with Crippen LogP contribution >= 0.6 is 11.8 Å². The zero-order chi connectivity index (χ0) is 11.4. The number of nitrogen functional groups attached to an aromatic ring is 1. The second-order valence-electron chi connectivity index (χ2n) is 3.80. The lowest BCUT2D eigenvalue weighted by Crippen LogP contribution is -2.06. The van der Waals surface area contributed by atoms with Crippen molar-refractivity contribution in [1.29, 1.82) is 0 Å². The van der Waals surface area contributed by atoms with Crippen LogP contribution in [0.1, 0.15) is 37.9 Å². The van der Waals surface area contributed by atoms with Gasteiger partial charge in [0.15, 0.2) is 0 Å². The van der Waals surface area contributed by atoms with E-state index < -0.39 is 0 Å². The lowest BCUT2D eigenvalue weighted by atomic mass is 10.2. The van der Waals surface area contributed by atoms with Gasteiger partial charge in [-0.15, -0.1) is 0 Å². The molecule has 0 amide bonds. The molecule has 0 saturated heterocycles. The first-order chi connectivity index (χ1) is 7.04. The molecule has 0 aromatic carbocycles. The van der Waals surface area contributed by atoms with Crippen LogP contribution in [0, 0.1) is 6.92 Å². The van der Waals surface area contributed by atoms with Crippen LogP contribution in [0.25, 0.3) is 0 Å². The molecule has 0 aliphatic heterocycles. The quantitative estimate of drug-likeness (QED) is 0.855. The van der Waals surface area contributed by atoms with E-state index in [9.17, 15) is 0 Å². The first-order valence-electron chi connectivity index (χ1n) is 5.28. The van der Waals surface area contributed by atoms with Crippen LogP contribution in [0.2, 0.25) is 0 Å². The van der Waals surface area contributed by atoms with Gasteiger partial charge < -0.3 is 5.73 Å². The molecule has 4 heteroatoms. The third-order valence-electron chi connectivity index (χ3n) is 2.19. The third-order valence-corrected chi connectivity index (χ3v) is 3.28. The van der Waals surface area contributed by atoms with Crippen molar-refractivity contribution in [3.8, 4) is 0 Å². The highest BCUT2D eigenvalue weighted by atomic mass is 32.2. The highest BCUT2D eigenvalue weighted by molar-refractivity contribution is 7.99. The number of aromatic nitrogens is 2. The third kappa shape index (κ3) is 3.38. The Bertz CT molecular complexity index is 314. The van der Waals surface area contributed by atoms with Crippen LogP contribution in [0.3, 0.4) is 0 Å². The summed E-state index contributed by atoms with van der Waals surface area (Å²) in [5.74, 6) is 2.33. The van der Waals surface area contributed by atoms with Crippen LogP contribution in [0.5, 0.6) is 0 Å². The van der Waals surface area contributed by atoms with Gasteiger partial charge in [-0.2, -0.15) is 11.8 Å². The molecule has 1 aromatic heterocycles. The molecule has 15 heavy (non-hydrogen) atoms. The SMILES string of the molecule is CCc1c(C)nc(CSC(C)C)nc1N. The highest BCUT2D eigenvalue weighted by Gasteiger charge is 2.07. The lowest BCUT2D eigenvalue weighted by molar-refractivity contribution is 0.944. The fraction of sp³-hybridized carbons (Fsp3) is 0.636. The summed E-state index contributed by atoms with van der Waals surface area (Å²) >= 11 is 1.83. The number of thioether (sulfide) groups is 1. The van der Waals surface area contributed by atoms with E-state index in [2.05, 4.69) is 30.7 Å². The van der Waals surface area contributed by atoms with Crippen molar-refractivity contribution >= 4 is 17.6 Å². The number of anilines is 1. The van der Waals surface area contributed by atoms with E-state index >= 15 is 0 Å². The van der Waals surface area contributed by atoms with Gasteiger partial charge in [-0.05, 0) is 18.6 Å². The molecule has 1 rings (SSSR count). The largest absolute Gasteiger partial charge is 0.383 e. The van der Waals surface area contributed by atoms with Gasteiger partial charge in [-0.1, -0.05) is 20.8 Å². The fourth-order valence-electron chi connectivity index (χ4n) is 1.42. The van der Waals surface area contributed by atoms with Crippen molar-refractivity contribution in [1.82, 2.24) is 9.97 Å². The molecule has 0 atom stereocenters. The van der Waals surface area contributed by atoms with Gasteiger partial charge >= 0.3 is 0 Å². The van der Waals surface area contributed by atoms with E-state index in [-0.39, 0.29) is 0 Å². The van der Waals surface area contributed by atoms with Crippen molar-refractivity contribution in [2.45, 2.75) is 45.1 Å². The molecule has 0 saturated carbocycles. The van der Waals surface area contributed by atoms with E-state index in [1.165, 1.54) is 0 Å². The first-order valence-corrected chi connectivity index (χ1v) is 6.33. The van der Waals surface area contributed by atoms with Crippen molar-refractivity contribution in [2.75, 3.05) is 5.73 Å². The Hall–Kier alpha value is -0.770. The molecule has 0 radical (unpaired) electrons. The van der Waals surface area contributed by atoms with Crippen molar-refractivity contribution in [3.05, 3.63) is 17.1 Å². The molecule has 0 spiro atoms. The summed E-state index contributed by atoms with van der Waals surface area (Å²) in [6.45, 7) is 8.41. The van der Waals surface area contributed by atoms with Gasteiger partial charge in [0.1, 0.15) is 11.6 Å². The number of nitrogens with zero attached hydrogens (tertiary/aromatic N) is 2. The van der Waals surface area contributed by atoms with Crippen LogP contribution in [0.4, 0.5) is 5.82 Å². The number of aryl methyl sites for hydroxylation is 1. The summed E-state index contributed by atoms with van der Waals surface area (Å²) in [5, 5.41) is 0.598. The molecule has 0 fully saturated rings. The zero-order valence-corrected chi connectivity index (χ0v) is 10.7. The monoisotopic (exact) mass is 225 g/mol. The summed E-state index contributed by atoms with van der Waals surface area (Å²) < 4.78 is 0. The summed E-state index contributed by atoms with van der Waals surface area (Å²) in [6.07, 6.45) is 0.898. The minimum absolute atomic E-state index is 0.598. The molecule has 0 aliphatic rings. The Labute approximate surface area is 95.9 Å². The van der Waals surface area contributed by atoms with E-state index in [4.69, 9.17) is 5.73 Å². The molecule has 1 aromatic rings. The van der Waals surface area contributed by atoms with Gasteiger partial charge in [0, 0.05) is 11.3 Å². The van der Waals surface area contributed by atoms with Crippen molar-refractivity contribution in [2.24, 2.45) is 0 Å². The lowest BCUT2D eigenvalue weighted by Gasteiger charge is -2.09. The molecule has 1 heterocycles. The Kier molecular flexibility index (Phi) is 4.39. The molecular formula is C11H19N3S. The highest BCUT2D eigenvalue weighted by Crippen LogP contribution is 2.18. The standard InChI is InChI=1S/C11H19N3S/c1-5-9-8(4)13-10(14-11(9)12)6-15-7(2)3/h7H,5-6H2,1-4H3,(H2,12,13,14). The molecule has 0 unspecified atom stereocenters. The number of nitrogens with two attached hydrogens (primary N) is 1. The maximum Gasteiger partial charge on any atom is 0.140 e. The molecule has 0 aliphatic carbocycles. The van der Waals surface area contributed by atoms with Crippen LogP contribution in [-0.4, -0.2) is 15.2 Å². The predicted molar refractivity (Wildman–Crippen MR) is 67.0 cm³/mol. The first kappa shape index (κ1) is 12.3. The molecule has 2 N–H and O–H groups in total. The Morgan fingerprint density at radius 1 is 1.33 bits per heavy atom. The molecule has 0 bridgehead atoms. The minimum Gasteiger partial charge on any atom is -0.383 e. The average molecular weight is 225 g/mol. The molecule has 3 nitrogen and oxygen atoms in total. The fourth-order valence-corrected chi connectivity index (χ4v) is 2.03. The van der Waals surface area contributed by atoms with Gasteiger partial charge in [-0.3, -0.25) is 0 Å². The Morgan fingerprint density at radius 3 is 2.47 bits per heavy atom. The van der Waals surface area contributed by atoms with Crippen LogP contribution < -0.4 is 5.73 Å². The molecule has 84 valence electrons. The summed E-state index contributed by atoms with van der Waals surface area (Å²) in [4.78, 5) is 8.79. The summed E-state index contributed by atoms with van der Waals surface area (Å²) in [5.41, 5.74) is 7.97. The van der Waals surface area contributed by atoms with Gasteiger partial charge in [0.05, 0.1) is 5.75 Å². The van der Waals surface area contributed by atoms with Gasteiger partial charge in [0.25, 0.3) is 0 Å². The van der Waals surface area contributed by atoms with E-state index in [1.807, 2.05) is 18.7 Å².